The van der Waals surface area contributed by atoms with Crippen molar-refractivity contribution in [2.75, 3.05) is 18.4 Å². The second-order valence-electron chi connectivity index (χ2n) is 5.50. The van der Waals surface area contributed by atoms with Crippen LogP contribution in [0.3, 0.4) is 0 Å². The Morgan fingerprint density at radius 3 is 2.50 bits per heavy atom. The van der Waals surface area contributed by atoms with Crippen molar-refractivity contribution in [2.24, 2.45) is 0 Å². The molecule has 0 aromatic heterocycles. The second kappa shape index (κ2) is 9.95. The molecule has 0 spiro atoms. The first-order chi connectivity index (χ1) is 10.5. The maximum absolute atomic E-state index is 12.1. The highest BCUT2D eigenvalue weighted by atomic mass is 16.4. The fraction of sp³-hybridized carbons (Fsp3) is 0.529. The molecule has 1 atom stereocenters. The molecule has 1 aromatic carbocycles. The minimum absolute atomic E-state index is 0.0157. The zero-order chi connectivity index (χ0) is 16.4. The van der Waals surface area contributed by atoms with Gasteiger partial charge < -0.3 is 15.3 Å². The van der Waals surface area contributed by atoms with Crippen LogP contribution >= 0.6 is 0 Å². The number of carboxylic acids is 1. The molecule has 1 amide bonds. The van der Waals surface area contributed by atoms with Crippen molar-refractivity contribution in [1.29, 1.82) is 0 Å². The Kier molecular flexibility index (Phi) is 8.22. The maximum atomic E-state index is 12.1. The summed E-state index contributed by atoms with van der Waals surface area (Å²) < 4.78 is 0. The predicted octanol–water partition coefficient (Wildman–Crippen LogP) is 2.98. The highest BCUT2D eigenvalue weighted by Gasteiger charge is 2.17. The van der Waals surface area contributed by atoms with E-state index in [1.165, 1.54) is 0 Å². The summed E-state index contributed by atoms with van der Waals surface area (Å²) in [6, 6.07) is 9.49. The Morgan fingerprint density at radius 2 is 1.91 bits per heavy atom. The molecule has 0 aliphatic heterocycles. The van der Waals surface area contributed by atoms with Crippen LogP contribution < -0.4 is 5.32 Å². The molecule has 5 nitrogen and oxygen atoms in total. The number of anilines is 1. The van der Waals surface area contributed by atoms with Gasteiger partial charge in [-0.05, 0) is 45.0 Å². The summed E-state index contributed by atoms with van der Waals surface area (Å²) in [4.78, 5) is 24.9. The average molecular weight is 306 g/mol. The van der Waals surface area contributed by atoms with Crippen LogP contribution in [0, 0.1) is 0 Å². The normalized spacial score (nSPS) is 12.1. The molecular weight excluding hydrogens is 280 g/mol. The van der Waals surface area contributed by atoms with Crippen molar-refractivity contribution < 1.29 is 14.7 Å². The lowest BCUT2D eigenvalue weighted by molar-refractivity contribution is -0.137. The van der Waals surface area contributed by atoms with Gasteiger partial charge in [0.15, 0.2) is 0 Å². The van der Waals surface area contributed by atoms with E-state index in [1.54, 1.807) is 0 Å². The van der Waals surface area contributed by atoms with E-state index in [1.807, 2.05) is 37.3 Å². The molecule has 0 saturated heterocycles. The third kappa shape index (κ3) is 7.22. The zero-order valence-corrected chi connectivity index (χ0v) is 13.4. The number of hydrogen-bond donors (Lipinski definition) is 2. The minimum Gasteiger partial charge on any atom is -0.481 e. The predicted molar refractivity (Wildman–Crippen MR) is 87.9 cm³/mol. The monoisotopic (exact) mass is 306 g/mol. The summed E-state index contributed by atoms with van der Waals surface area (Å²) in [6.45, 7) is 5.68. The Balaban J connectivity index is 2.45. The Hall–Kier alpha value is -1.88. The van der Waals surface area contributed by atoms with Crippen molar-refractivity contribution in [3.63, 3.8) is 0 Å². The largest absolute Gasteiger partial charge is 0.481 e. The number of carboxylic acid groups (broad SMARTS) is 1. The molecule has 0 fully saturated rings. The van der Waals surface area contributed by atoms with E-state index < -0.39 is 5.97 Å². The topological polar surface area (TPSA) is 69.6 Å². The molecular formula is C17H26N2O3. The summed E-state index contributed by atoms with van der Waals surface area (Å²) >= 11 is 0. The van der Waals surface area contributed by atoms with Crippen LogP contribution in [0.2, 0.25) is 0 Å². The van der Waals surface area contributed by atoms with Gasteiger partial charge in [0.2, 0.25) is 5.91 Å². The summed E-state index contributed by atoms with van der Waals surface area (Å²) in [5.74, 6) is -0.788. The fourth-order valence-electron chi connectivity index (χ4n) is 2.40. The van der Waals surface area contributed by atoms with Gasteiger partial charge in [0.25, 0.3) is 0 Å². The first-order valence-electron chi connectivity index (χ1n) is 7.83. The van der Waals surface area contributed by atoms with Crippen LogP contribution in [0.15, 0.2) is 30.3 Å². The Morgan fingerprint density at radius 1 is 1.23 bits per heavy atom. The first kappa shape index (κ1) is 18.2. The van der Waals surface area contributed by atoms with Crippen LogP contribution in [0.25, 0.3) is 0 Å². The van der Waals surface area contributed by atoms with Crippen molar-refractivity contribution in [2.45, 2.75) is 45.6 Å². The Bertz CT molecular complexity index is 462. The number of aliphatic carboxylic acids is 1. The van der Waals surface area contributed by atoms with Crippen LogP contribution in [-0.4, -0.2) is 41.0 Å². The number of hydrogen-bond acceptors (Lipinski definition) is 3. The molecule has 1 aromatic rings. The number of amides is 1. The van der Waals surface area contributed by atoms with E-state index in [2.05, 4.69) is 17.1 Å². The van der Waals surface area contributed by atoms with E-state index in [4.69, 9.17) is 5.11 Å². The highest BCUT2D eigenvalue weighted by molar-refractivity contribution is 5.91. The van der Waals surface area contributed by atoms with Crippen LogP contribution in [-0.2, 0) is 9.59 Å². The summed E-state index contributed by atoms with van der Waals surface area (Å²) in [5, 5.41) is 11.6. The summed E-state index contributed by atoms with van der Waals surface area (Å²) in [5.41, 5.74) is 0.799. The molecule has 2 N–H and O–H groups in total. The van der Waals surface area contributed by atoms with E-state index in [-0.39, 0.29) is 18.4 Å². The zero-order valence-electron chi connectivity index (χ0n) is 13.4. The molecule has 0 aliphatic carbocycles. The molecule has 122 valence electrons. The molecule has 5 heteroatoms. The number of para-hydroxylation sites is 1. The lowest BCUT2D eigenvalue weighted by atomic mass is 10.1. The van der Waals surface area contributed by atoms with Crippen molar-refractivity contribution in [1.82, 2.24) is 4.90 Å². The lowest BCUT2D eigenvalue weighted by Crippen LogP contribution is -2.37. The van der Waals surface area contributed by atoms with E-state index >= 15 is 0 Å². The quantitative estimate of drug-likeness (QED) is 0.697. The second-order valence-corrected chi connectivity index (χ2v) is 5.50. The number of rotatable bonds is 10. The number of carbonyl (C=O) groups excluding carboxylic acids is 1. The smallest absolute Gasteiger partial charge is 0.303 e. The molecule has 0 saturated carbocycles. The van der Waals surface area contributed by atoms with Gasteiger partial charge in [0.05, 0.1) is 0 Å². The third-order valence-electron chi connectivity index (χ3n) is 3.51. The molecule has 0 aliphatic rings. The third-order valence-corrected chi connectivity index (χ3v) is 3.51. The van der Waals surface area contributed by atoms with Crippen molar-refractivity contribution in [3.8, 4) is 0 Å². The van der Waals surface area contributed by atoms with Gasteiger partial charge in [-0.1, -0.05) is 25.1 Å². The standard InChI is InChI=1S/C17H26N2O3/c1-3-11-19(12-7-10-17(21)22)14(2)13-16(20)18-15-8-5-4-6-9-15/h4-6,8-9,14H,3,7,10-13H2,1-2H3,(H,18,20)(H,21,22). The van der Waals surface area contributed by atoms with Gasteiger partial charge in [0, 0.05) is 24.6 Å². The van der Waals surface area contributed by atoms with E-state index in [9.17, 15) is 9.59 Å². The molecule has 1 unspecified atom stereocenters. The van der Waals surface area contributed by atoms with E-state index in [0.717, 1.165) is 18.7 Å². The van der Waals surface area contributed by atoms with Gasteiger partial charge in [-0.2, -0.15) is 0 Å². The van der Waals surface area contributed by atoms with E-state index in [0.29, 0.717) is 19.4 Å². The number of nitrogens with zero attached hydrogens (tertiary/aromatic N) is 1. The highest BCUT2D eigenvalue weighted by Crippen LogP contribution is 2.10. The number of benzene rings is 1. The SMILES string of the molecule is CCCN(CCCC(=O)O)C(C)CC(=O)Nc1ccccc1. The van der Waals surface area contributed by atoms with Gasteiger partial charge in [-0.3, -0.25) is 9.59 Å². The Labute approximate surface area is 132 Å². The molecule has 0 radical (unpaired) electrons. The van der Waals surface area contributed by atoms with Gasteiger partial charge >= 0.3 is 5.97 Å². The fourth-order valence-corrected chi connectivity index (χ4v) is 2.40. The number of nitrogens with one attached hydrogen (secondary N) is 1. The van der Waals surface area contributed by atoms with Crippen molar-refractivity contribution in [3.05, 3.63) is 30.3 Å². The minimum atomic E-state index is -0.772. The maximum Gasteiger partial charge on any atom is 0.303 e. The average Bonchev–Trinajstić information content (AvgIpc) is 2.46. The lowest BCUT2D eigenvalue weighted by Gasteiger charge is -2.28. The van der Waals surface area contributed by atoms with Gasteiger partial charge in [-0.15, -0.1) is 0 Å². The summed E-state index contributed by atoms with van der Waals surface area (Å²) in [7, 11) is 0. The van der Waals surface area contributed by atoms with Gasteiger partial charge in [0.1, 0.15) is 0 Å². The molecule has 0 bridgehead atoms. The first-order valence-corrected chi connectivity index (χ1v) is 7.83. The molecule has 22 heavy (non-hydrogen) atoms. The summed E-state index contributed by atoms with van der Waals surface area (Å²) in [6.07, 6.45) is 2.17. The van der Waals surface area contributed by atoms with Crippen LogP contribution in [0.4, 0.5) is 5.69 Å². The van der Waals surface area contributed by atoms with Crippen LogP contribution in [0.5, 0.6) is 0 Å². The van der Waals surface area contributed by atoms with Crippen molar-refractivity contribution >= 4 is 17.6 Å². The van der Waals surface area contributed by atoms with Gasteiger partial charge in [-0.25, -0.2) is 0 Å². The van der Waals surface area contributed by atoms with Crippen LogP contribution in [0.1, 0.15) is 39.5 Å². The molecule has 0 heterocycles. The molecule has 1 rings (SSSR count). The number of carbonyl (C=O) groups is 2.